The maximum atomic E-state index is 6.51. The van der Waals surface area contributed by atoms with Crippen molar-refractivity contribution in [2.45, 2.75) is 56.8 Å². The number of rotatable bonds is 6. The number of benzene rings is 9. The summed E-state index contributed by atoms with van der Waals surface area (Å²) in [5.41, 5.74) is 24.2. The number of hydrogen-bond acceptors (Lipinski definition) is 2. The van der Waals surface area contributed by atoms with Crippen molar-refractivity contribution >= 4 is 39.0 Å². The summed E-state index contributed by atoms with van der Waals surface area (Å²) < 4.78 is 6.51. The van der Waals surface area contributed by atoms with Crippen LogP contribution < -0.4 is 4.90 Å². The lowest BCUT2D eigenvalue weighted by Gasteiger charge is -2.61. The summed E-state index contributed by atoms with van der Waals surface area (Å²) in [6, 6.07) is 75.4. The van der Waals surface area contributed by atoms with Crippen LogP contribution in [-0.2, 0) is 10.8 Å². The lowest BCUT2D eigenvalue weighted by Crippen LogP contribution is -2.55. The van der Waals surface area contributed by atoms with Crippen molar-refractivity contribution in [1.29, 1.82) is 0 Å². The molecular formula is C67H53NO. The van der Waals surface area contributed by atoms with Crippen LogP contribution in [-0.4, -0.2) is 0 Å². The van der Waals surface area contributed by atoms with E-state index < -0.39 is 0 Å². The third-order valence-corrected chi connectivity index (χ3v) is 17.9. The molecule has 16 rings (SSSR count). The van der Waals surface area contributed by atoms with Gasteiger partial charge in [-0.1, -0.05) is 172 Å². The van der Waals surface area contributed by atoms with Crippen LogP contribution in [0.3, 0.4) is 0 Å². The normalized spacial score (nSPS) is 21.9. The fourth-order valence-corrected chi connectivity index (χ4v) is 15.4. The molecule has 10 aromatic rings. The maximum Gasteiger partial charge on any atom is 0.136 e. The second-order valence-electron chi connectivity index (χ2n) is 21.6. The Hall–Kier alpha value is -7.42. The quantitative estimate of drug-likeness (QED) is 0.165. The van der Waals surface area contributed by atoms with Crippen molar-refractivity contribution in [2.75, 3.05) is 4.90 Å². The Morgan fingerprint density at radius 1 is 0.406 bits per heavy atom. The first-order valence-electron chi connectivity index (χ1n) is 25.4. The maximum absolute atomic E-state index is 6.51. The fourth-order valence-electron chi connectivity index (χ4n) is 15.4. The van der Waals surface area contributed by atoms with Crippen LogP contribution >= 0.6 is 0 Å². The highest BCUT2D eigenvalue weighted by molar-refractivity contribution is 6.14. The minimum absolute atomic E-state index is 0.0585. The van der Waals surface area contributed by atoms with E-state index in [2.05, 4.69) is 219 Å². The van der Waals surface area contributed by atoms with Gasteiger partial charge in [-0.2, -0.15) is 0 Å². The van der Waals surface area contributed by atoms with Crippen LogP contribution in [0.2, 0.25) is 0 Å². The number of fused-ring (bicyclic) bond motifs is 9. The number of hydrogen-bond donors (Lipinski definition) is 0. The highest BCUT2D eigenvalue weighted by Gasteiger charge is 2.61. The first kappa shape index (κ1) is 39.6. The lowest BCUT2D eigenvalue weighted by molar-refractivity contribution is -0.0399. The van der Waals surface area contributed by atoms with Crippen molar-refractivity contribution in [2.24, 2.45) is 23.7 Å². The molecule has 332 valence electrons. The first-order chi connectivity index (χ1) is 33.9. The number of para-hydroxylation sites is 2. The molecule has 1 aromatic heterocycles. The van der Waals surface area contributed by atoms with Gasteiger partial charge in [0.15, 0.2) is 0 Å². The Balaban J connectivity index is 0.917. The molecule has 9 aromatic carbocycles. The highest BCUT2D eigenvalue weighted by atomic mass is 16.3. The third kappa shape index (κ3) is 5.49. The average molecular weight is 888 g/mol. The molecule has 4 fully saturated rings. The van der Waals surface area contributed by atoms with E-state index >= 15 is 0 Å². The first-order valence-corrected chi connectivity index (χ1v) is 25.4. The van der Waals surface area contributed by atoms with Gasteiger partial charge in [0.25, 0.3) is 0 Å². The Morgan fingerprint density at radius 2 is 0.942 bits per heavy atom. The van der Waals surface area contributed by atoms with Gasteiger partial charge in [-0.3, -0.25) is 0 Å². The molecule has 4 saturated carbocycles. The summed E-state index contributed by atoms with van der Waals surface area (Å²) in [6.45, 7) is 4.78. The van der Waals surface area contributed by atoms with E-state index in [0.29, 0.717) is 11.8 Å². The highest BCUT2D eigenvalue weighted by Crippen LogP contribution is 2.70. The van der Waals surface area contributed by atoms with Gasteiger partial charge in [0.05, 0.1) is 5.69 Å². The van der Waals surface area contributed by atoms with E-state index in [1.807, 2.05) is 0 Å². The summed E-state index contributed by atoms with van der Waals surface area (Å²) in [5, 5.41) is 2.30. The second-order valence-corrected chi connectivity index (χ2v) is 21.6. The summed E-state index contributed by atoms with van der Waals surface area (Å²) in [7, 11) is 0. The predicted molar refractivity (Wildman–Crippen MR) is 286 cm³/mol. The molecule has 0 saturated heterocycles. The Bertz CT molecular complexity index is 3710. The van der Waals surface area contributed by atoms with Gasteiger partial charge >= 0.3 is 0 Å². The minimum atomic E-state index is -0.118. The molecule has 4 bridgehead atoms. The zero-order valence-corrected chi connectivity index (χ0v) is 39.3. The Kier molecular flexibility index (Phi) is 8.34. The zero-order valence-electron chi connectivity index (χ0n) is 39.3. The van der Waals surface area contributed by atoms with Crippen LogP contribution in [0, 0.1) is 23.7 Å². The van der Waals surface area contributed by atoms with Crippen molar-refractivity contribution in [3.05, 3.63) is 222 Å². The smallest absolute Gasteiger partial charge is 0.136 e. The largest absolute Gasteiger partial charge is 0.456 e. The van der Waals surface area contributed by atoms with Crippen LogP contribution in [0.5, 0.6) is 0 Å². The summed E-state index contributed by atoms with van der Waals surface area (Å²) in [5.74, 6) is 3.14. The van der Waals surface area contributed by atoms with Crippen LogP contribution in [0.1, 0.15) is 68.2 Å². The molecular weight excluding hydrogens is 835 g/mol. The molecule has 0 unspecified atom stereocenters. The van der Waals surface area contributed by atoms with E-state index in [-0.39, 0.29) is 10.8 Å². The molecule has 69 heavy (non-hydrogen) atoms. The monoisotopic (exact) mass is 887 g/mol. The molecule has 0 aliphatic heterocycles. The molecule has 0 N–H and O–H groups in total. The number of anilines is 3. The minimum Gasteiger partial charge on any atom is -0.456 e. The van der Waals surface area contributed by atoms with Gasteiger partial charge in [-0.15, -0.1) is 0 Å². The van der Waals surface area contributed by atoms with Crippen LogP contribution in [0.25, 0.3) is 77.6 Å². The zero-order chi connectivity index (χ0) is 45.6. The molecule has 6 aliphatic carbocycles. The average Bonchev–Trinajstić information content (AvgIpc) is 4.00. The molecule has 0 amide bonds. The van der Waals surface area contributed by atoms with Gasteiger partial charge in [0.1, 0.15) is 11.2 Å². The second kappa shape index (κ2) is 14.5. The standard InChI is InChI=1S/C67H53NO/c1-66(2)58-24-9-5-18-51(58)56-23-13-22-55(65(56)66)49-16-4-3-15-48(49)43-29-31-46(32-30-43)68(61-26-11-7-19-53(61)54-21-14-28-63-64(54)57-20-8-12-27-62(57)69-63)47-33-34-52-50-17-6-10-25-59(50)67(60(52)40-47)44-36-41-35-42(38-44)39-45(67)37-41/h3-34,40-42,44-45H,35-39H2,1-2H3. The molecule has 2 nitrogen and oxygen atoms in total. The Morgan fingerprint density at radius 3 is 1.71 bits per heavy atom. The topological polar surface area (TPSA) is 16.4 Å². The van der Waals surface area contributed by atoms with E-state index in [9.17, 15) is 0 Å². The third-order valence-electron chi connectivity index (χ3n) is 17.9. The molecule has 6 aliphatic rings. The van der Waals surface area contributed by atoms with Gasteiger partial charge in [-0.25, -0.2) is 0 Å². The summed E-state index contributed by atoms with van der Waals surface area (Å²) in [4.78, 5) is 2.56. The molecule has 1 heterocycles. The Labute approximate surface area is 404 Å². The van der Waals surface area contributed by atoms with Crippen molar-refractivity contribution in [3.63, 3.8) is 0 Å². The van der Waals surface area contributed by atoms with Gasteiger partial charge in [0.2, 0.25) is 0 Å². The lowest BCUT2D eigenvalue weighted by atomic mass is 9.43. The number of furan rings is 1. The van der Waals surface area contributed by atoms with Gasteiger partial charge < -0.3 is 9.32 Å². The molecule has 2 heteroatoms. The van der Waals surface area contributed by atoms with E-state index in [0.717, 1.165) is 45.1 Å². The van der Waals surface area contributed by atoms with Gasteiger partial charge in [0, 0.05) is 38.5 Å². The van der Waals surface area contributed by atoms with Crippen molar-refractivity contribution in [3.8, 4) is 55.6 Å². The molecule has 1 spiro atoms. The van der Waals surface area contributed by atoms with Crippen molar-refractivity contribution < 1.29 is 4.42 Å². The van der Waals surface area contributed by atoms with E-state index in [4.69, 9.17) is 4.42 Å². The summed E-state index contributed by atoms with van der Waals surface area (Å²) in [6.07, 6.45) is 6.89. The van der Waals surface area contributed by atoms with Crippen LogP contribution in [0.15, 0.2) is 205 Å². The fraction of sp³-hybridized carbons (Fsp3) is 0.194. The van der Waals surface area contributed by atoms with E-state index in [1.165, 1.54) is 105 Å². The predicted octanol–water partition coefficient (Wildman–Crippen LogP) is 18.1. The van der Waals surface area contributed by atoms with E-state index in [1.54, 1.807) is 11.1 Å². The molecule has 0 radical (unpaired) electrons. The summed E-state index contributed by atoms with van der Waals surface area (Å²) >= 11 is 0. The number of nitrogens with zero attached hydrogens (tertiary/aromatic N) is 1. The van der Waals surface area contributed by atoms with Crippen molar-refractivity contribution in [1.82, 2.24) is 0 Å². The van der Waals surface area contributed by atoms with Crippen LogP contribution in [0.4, 0.5) is 17.1 Å². The van der Waals surface area contributed by atoms with Gasteiger partial charge in [-0.05, 0) is 171 Å². The SMILES string of the molecule is CC1(C)c2ccccc2-c2cccc(-c3ccccc3-c3ccc(N(c4ccc5c(c4)C4(c6ccccc6-5)C5CC6CC(C5)CC4C6)c4ccccc4-c4cccc5oc6ccccc6c45)cc3)c21. The molecule has 0 atom stereocenters.